The van der Waals surface area contributed by atoms with E-state index in [4.69, 9.17) is 16.2 Å². The van der Waals surface area contributed by atoms with Crippen molar-refractivity contribution in [3.05, 3.63) is 59.7 Å². The molecule has 0 aliphatic carbocycles. The molecule has 1 heterocycles. The molecule has 2 aromatic rings. The van der Waals surface area contributed by atoms with E-state index in [-0.39, 0.29) is 42.6 Å². The molecule has 0 atom stereocenters. The molecule has 0 bridgehead atoms. The van der Waals surface area contributed by atoms with Gasteiger partial charge in [0.25, 0.3) is 0 Å². The number of nitrogens with one attached hydrogen (secondary N) is 1. The van der Waals surface area contributed by atoms with E-state index >= 15 is 0 Å². The van der Waals surface area contributed by atoms with Crippen molar-refractivity contribution >= 4 is 29.2 Å². The van der Waals surface area contributed by atoms with Gasteiger partial charge >= 0.3 is 30.9 Å². The molecule has 0 saturated carbocycles. The van der Waals surface area contributed by atoms with E-state index in [1.807, 2.05) is 24.3 Å². The second-order valence-electron chi connectivity index (χ2n) is 6.46. The summed E-state index contributed by atoms with van der Waals surface area (Å²) in [4.78, 5) is 27.1. The van der Waals surface area contributed by atoms with Crippen molar-refractivity contribution in [3.63, 3.8) is 0 Å². The molecule has 2 aromatic carbocycles. The van der Waals surface area contributed by atoms with Crippen molar-refractivity contribution in [1.82, 2.24) is 0 Å². The minimum Gasteiger partial charge on any atom is -0.870 e. The van der Waals surface area contributed by atoms with Gasteiger partial charge in [-0.25, -0.2) is 4.79 Å². The number of aryl methyl sites for hydroxylation is 1. The molecule has 0 spiro atoms. The van der Waals surface area contributed by atoms with Crippen LogP contribution in [0.1, 0.15) is 24.0 Å². The Balaban J connectivity index is 0.00000210. The third-order valence-electron chi connectivity index (χ3n) is 4.59. The molecule has 1 saturated heterocycles. The maximum atomic E-state index is 13.0. The van der Waals surface area contributed by atoms with Gasteiger partial charge in [-0.2, -0.15) is 0 Å². The minimum absolute atomic E-state index is 0. The zero-order valence-corrected chi connectivity index (χ0v) is 16.3. The van der Waals surface area contributed by atoms with E-state index in [1.165, 1.54) is 0 Å². The fourth-order valence-electron chi connectivity index (χ4n) is 3.12. The van der Waals surface area contributed by atoms with Crippen LogP contribution >= 0.6 is 0 Å². The van der Waals surface area contributed by atoms with Crippen LogP contribution in [0.3, 0.4) is 0 Å². The van der Waals surface area contributed by atoms with Crippen molar-refractivity contribution in [3.8, 4) is 0 Å². The van der Waals surface area contributed by atoms with Gasteiger partial charge < -0.3 is 16.3 Å². The number of nitrogens with two attached hydrogens (primary N) is 1. The summed E-state index contributed by atoms with van der Waals surface area (Å²) >= 11 is 0. The molecular formula is C20H23LiN4O4. The number of carbonyl (C=O) groups is 2. The predicted molar refractivity (Wildman–Crippen MR) is 106 cm³/mol. The number of amidine groups is 1. The van der Waals surface area contributed by atoms with Crippen LogP contribution in [-0.2, 0) is 11.2 Å². The first-order valence-corrected chi connectivity index (χ1v) is 8.80. The number of nitrogen functional groups attached to an aromatic ring is 1. The average molecular weight is 390 g/mol. The van der Waals surface area contributed by atoms with E-state index < -0.39 is 5.97 Å². The molecule has 29 heavy (non-hydrogen) atoms. The van der Waals surface area contributed by atoms with Crippen LogP contribution < -0.4 is 34.4 Å². The Morgan fingerprint density at radius 3 is 1.93 bits per heavy atom. The third kappa shape index (κ3) is 5.84. The number of carbonyl (C=O) groups excluding carboxylic acids is 1. The standard InChI is InChI=1S/C20H22N4O3.Li.H2O/c21-19(22)15-5-9-17(10-6-15)24-13-1-12-23(20(24)27)16-7-2-14(3-8-16)4-11-18(25)26;;/h2-3,5-10H,1,4,11-13H2,(H3,21,22)(H,25,26);;1H2/q;+1;/p-1. The van der Waals surface area contributed by atoms with Crippen molar-refractivity contribution in [2.75, 3.05) is 22.9 Å². The summed E-state index contributed by atoms with van der Waals surface area (Å²) in [6.07, 6.45) is 1.39. The van der Waals surface area contributed by atoms with Gasteiger partial charge in [0.2, 0.25) is 0 Å². The monoisotopic (exact) mass is 390 g/mol. The maximum Gasteiger partial charge on any atom is 1.00 e. The first-order chi connectivity index (χ1) is 13.0. The van der Waals surface area contributed by atoms with Gasteiger partial charge in [-0.1, -0.05) is 12.1 Å². The second-order valence-corrected chi connectivity index (χ2v) is 6.46. The number of benzene rings is 2. The number of hydrogen-bond acceptors (Lipinski definition) is 4. The molecule has 0 unspecified atom stereocenters. The van der Waals surface area contributed by atoms with Crippen molar-refractivity contribution in [2.45, 2.75) is 19.3 Å². The van der Waals surface area contributed by atoms with Crippen molar-refractivity contribution in [2.24, 2.45) is 5.73 Å². The number of carboxylic acids is 1. The van der Waals surface area contributed by atoms with Gasteiger partial charge in [0.05, 0.1) is 0 Å². The van der Waals surface area contributed by atoms with Gasteiger partial charge in [0, 0.05) is 36.4 Å². The SMILES string of the molecule is N=C(N)c1ccc(N2CCCN(c3ccc(CCC(=O)O)cc3)C2=O)cc1.[Li+].[OH-]. The van der Waals surface area contributed by atoms with Gasteiger partial charge in [-0.3, -0.25) is 20.0 Å². The Hall–Kier alpha value is -2.79. The number of anilines is 2. The average Bonchev–Trinajstić information content (AvgIpc) is 2.67. The molecular weight excluding hydrogens is 367 g/mol. The summed E-state index contributed by atoms with van der Waals surface area (Å²) in [5.41, 5.74) is 8.60. The van der Waals surface area contributed by atoms with Gasteiger partial charge in [-0.15, -0.1) is 0 Å². The Morgan fingerprint density at radius 2 is 1.48 bits per heavy atom. The third-order valence-corrected chi connectivity index (χ3v) is 4.59. The van der Waals surface area contributed by atoms with Gasteiger partial charge in [0.15, 0.2) is 0 Å². The van der Waals surface area contributed by atoms with E-state index in [9.17, 15) is 9.59 Å². The van der Waals surface area contributed by atoms with Crippen LogP contribution in [0.5, 0.6) is 0 Å². The van der Waals surface area contributed by atoms with E-state index in [0.29, 0.717) is 25.1 Å². The quantitative estimate of drug-likeness (QED) is 0.351. The van der Waals surface area contributed by atoms with Crippen LogP contribution in [0.15, 0.2) is 48.5 Å². The fourth-order valence-corrected chi connectivity index (χ4v) is 3.12. The number of aliphatic carboxylic acids is 1. The topological polar surface area (TPSA) is 141 Å². The van der Waals surface area contributed by atoms with Crippen LogP contribution in [0, 0.1) is 5.41 Å². The molecule has 0 aromatic heterocycles. The molecule has 1 fully saturated rings. The Labute approximate surface area is 181 Å². The number of urea groups is 1. The van der Waals surface area contributed by atoms with Crippen LogP contribution in [0.2, 0.25) is 0 Å². The first kappa shape index (κ1) is 24.2. The Morgan fingerprint density at radius 1 is 1.00 bits per heavy atom. The summed E-state index contributed by atoms with van der Waals surface area (Å²) in [7, 11) is 0. The fraction of sp³-hybridized carbons (Fsp3) is 0.250. The number of hydrogen-bond donors (Lipinski definition) is 3. The normalized spacial score (nSPS) is 13.3. The van der Waals surface area contributed by atoms with E-state index in [1.54, 1.807) is 34.1 Å². The van der Waals surface area contributed by atoms with E-state index in [2.05, 4.69) is 0 Å². The van der Waals surface area contributed by atoms with Crippen LogP contribution in [0.4, 0.5) is 16.2 Å². The molecule has 0 radical (unpaired) electrons. The predicted octanol–water partition coefficient (Wildman–Crippen LogP) is -0.348. The number of amides is 2. The first-order valence-electron chi connectivity index (χ1n) is 8.80. The smallest absolute Gasteiger partial charge is 0.870 e. The summed E-state index contributed by atoms with van der Waals surface area (Å²) in [5, 5.41) is 16.2. The number of carboxylic acid groups (broad SMARTS) is 1. The van der Waals surface area contributed by atoms with Crippen LogP contribution in [0.25, 0.3) is 0 Å². The molecule has 3 rings (SSSR count). The molecule has 148 valence electrons. The molecule has 5 N–H and O–H groups in total. The molecule has 9 heteroatoms. The molecule has 1 aliphatic heterocycles. The minimum atomic E-state index is -0.822. The van der Waals surface area contributed by atoms with Crippen molar-refractivity contribution in [1.29, 1.82) is 5.41 Å². The van der Waals surface area contributed by atoms with Gasteiger partial charge in [-0.05, 0) is 54.8 Å². The Bertz CT molecular complexity index is 856. The maximum absolute atomic E-state index is 13.0. The zero-order chi connectivity index (χ0) is 19.4. The Kier molecular flexibility index (Phi) is 8.92. The number of rotatable bonds is 6. The van der Waals surface area contributed by atoms with Gasteiger partial charge in [0.1, 0.15) is 5.84 Å². The second kappa shape index (κ2) is 10.7. The molecule has 8 nitrogen and oxygen atoms in total. The van der Waals surface area contributed by atoms with E-state index in [0.717, 1.165) is 23.4 Å². The molecule has 1 aliphatic rings. The number of nitrogens with zero attached hydrogens (tertiary/aromatic N) is 2. The van der Waals surface area contributed by atoms with Crippen molar-refractivity contribution < 1.29 is 39.0 Å². The largest absolute Gasteiger partial charge is 1.00 e. The van der Waals surface area contributed by atoms with Crippen LogP contribution in [-0.4, -0.2) is 41.5 Å². The summed E-state index contributed by atoms with van der Waals surface area (Å²) in [6, 6.07) is 14.4. The summed E-state index contributed by atoms with van der Waals surface area (Å²) in [5.74, 6) is -0.826. The summed E-state index contributed by atoms with van der Waals surface area (Å²) in [6.45, 7) is 1.26. The zero-order valence-electron chi connectivity index (χ0n) is 16.3. The summed E-state index contributed by atoms with van der Waals surface area (Å²) < 4.78 is 0. The molecule has 2 amide bonds.